The molecule has 6 nitrogen and oxygen atoms in total. The summed E-state index contributed by atoms with van der Waals surface area (Å²) in [5.74, 6) is -0.286. The molecule has 1 aliphatic rings. The standard InChI is InChI=1S/C25H29N3O3S/c1-17(2)28-16-26-23-13-12-22(27-32(3,30)31)21(24(23)25(28)29)15-18-8-7-11-20(14-18)19-9-5-4-6-10-19/h4-11,14,16-17,21-22,27H,12-13,15H2,1-3H3. The first kappa shape index (κ1) is 22.4. The van der Waals surface area contributed by atoms with Gasteiger partial charge in [0.1, 0.15) is 0 Å². The molecule has 1 aromatic heterocycles. The van der Waals surface area contributed by atoms with Gasteiger partial charge in [-0.05, 0) is 49.8 Å². The van der Waals surface area contributed by atoms with Crippen LogP contribution in [-0.4, -0.2) is 30.3 Å². The molecule has 4 rings (SSSR count). The normalized spacial score (nSPS) is 18.5. The molecule has 2 unspecified atom stereocenters. The number of hydrogen-bond donors (Lipinski definition) is 1. The van der Waals surface area contributed by atoms with Crippen LogP contribution in [-0.2, 0) is 22.9 Å². The highest BCUT2D eigenvalue weighted by molar-refractivity contribution is 7.88. The van der Waals surface area contributed by atoms with E-state index in [0.717, 1.165) is 22.4 Å². The van der Waals surface area contributed by atoms with Crippen molar-refractivity contribution >= 4 is 10.0 Å². The summed E-state index contributed by atoms with van der Waals surface area (Å²) in [6.07, 6.45) is 4.53. The second kappa shape index (κ2) is 9.00. The molecule has 0 aliphatic heterocycles. The van der Waals surface area contributed by atoms with Crippen molar-refractivity contribution in [2.24, 2.45) is 0 Å². The van der Waals surface area contributed by atoms with Gasteiger partial charge in [0.05, 0.1) is 18.3 Å². The molecule has 2 aromatic carbocycles. The largest absolute Gasteiger partial charge is 0.296 e. The predicted octanol–water partition coefficient (Wildman–Crippen LogP) is 3.68. The Balaban J connectivity index is 1.78. The van der Waals surface area contributed by atoms with Crippen molar-refractivity contribution in [1.29, 1.82) is 0 Å². The van der Waals surface area contributed by atoms with Gasteiger partial charge in [0.15, 0.2) is 0 Å². The van der Waals surface area contributed by atoms with Crippen LogP contribution in [0.25, 0.3) is 11.1 Å². The summed E-state index contributed by atoms with van der Waals surface area (Å²) in [4.78, 5) is 18.0. The number of rotatable bonds is 6. The first-order valence-corrected chi connectivity index (χ1v) is 12.8. The number of aromatic nitrogens is 2. The Morgan fingerprint density at radius 2 is 1.81 bits per heavy atom. The molecule has 32 heavy (non-hydrogen) atoms. The average Bonchev–Trinajstić information content (AvgIpc) is 2.75. The number of fused-ring (bicyclic) bond motifs is 1. The quantitative estimate of drug-likeness (QED) is 0.620. The summed E-state index contributed by atoms with van der Waals surface area (Å²) in [7, 11) is -3.42. The zero-order chi connectivity index (χ0) is 22.9. The summed E-state index contributed by atoms with van der Waals surface area (Å²) < 4.78 is 28.6. The minimum atomic E-state index is -3.42. The van der Waals surface area contributed by atoms with Crippen LogP contribution in [0, 0.1) is 0 Å². The van der Waals surface area contributed by atoms with Gasteiger partial charge in [-0.2, -0.15) is 0 Å². The molecular formula is C25H29N3O3S. The molecule has 3 aromatic rings. The summed E-state index contributed by atoms with van der Waals surface area (Å²) in [6.45, 7) is 3.89. The molecule has 168 valence electrons. The highest BCUT2D eigenvalue weighted by Gasteiger charge is 2.35. The number of aryl methyl sites for hydroxylation is 1. The number of nitrogens with one attached hydrogen (secondary N) is 1. The average molecular weight is 452 g/mol. The van der Waals surface area contributed by atoms with E-state index in [2.05, 4.69) is 34.0 Å². The zero-order valence-corrected chi connectivity index (χ0v) is 19.5. The Morgan fingerprint density at radius 3 is 2.50 bits per heavy atom. The minimum absolute atomic E-state index is 0.0226. The first-order valence-electron chi connectivity index (χ1n) is 10.9. The van der Waals surface area contributed by atoms with Gasteiger partial charge in [-0.25, -0.2) is 18.1 Å². The predicted molar refractivity (Wildman–Crippen MR) is 127 cm³/mol. The fraction of sp³-hybridized carbons (Fsp3) is 0.360. The molecule has 1 N–H and O–H groups in total. The Kier molecular flexibility index (Phi) is 6.31. The lowest BCUT2D eigenvalue weighted by Gasteiger charge is -2.33. The van der Waals surface area contributed by atoms with Crippen LogP contribution in [0.3, 0.4) is 0 Å². The summed E-state index contributed by atoms with van der Waals surface area (Å²) in [5, 5.41) is 0. The maximum atomic E-state index is 13.4. The van der Waals surface area contributed by atoms with Gasteiger partial charge < -0.3 is 0 Å². The van der Waals surface area contributed by atoms with E-state index in [4.69, 9.17) is 0 Å². The SMILES string of the molecule is CC(C)n1cnc2c(c1=O)C(Cc1cccc(-c3ccccc3)c1)C(NS(C)(=O)=O)CC2. The molecular weight excluding hydrogens is 422 g/mol. The highest BCUT2D eigenvalue weighted by atomic mass is 32.2. The Labute approximate surface area is 189 Å². The van der Waals surface area contributed by atoms with Gasteiger partial charge in [-0.3, -0.25) is 9.36 Å². The van der Waals surface area contributed by atoms with Crippen LogP contribution in [0.1, 0.15) is 49.0 Å². The highest BCUT2D eigenvalue weighted by Crippen LogP contribution is 2.33. The van der Waals surface area contributed by atoms with Gasteiger partial charge in [0.25, 0.3) is 5.56 Å². The third kappa shape index (κ3) is 4.84. The van der Waals surface area contributed by atoms with Crippen molar-refractivity contribution in [3.8, 4) is 11.1 Å². The first-order chi connectivity index (χ1) is 15.2. The van der Waals surface area contributed by atoms with Crippen molar-refractivity contribution < 1.29 is 8.42 Å². The van der Waals surface area contributed by atoms with E-state index < -0.39 is 10.0 Å². The number of nitrogens with zero attached hydrogens (tertiary/aromatic N) is 2. The minimum Gasteiger partial charge on any atom is -0.296 e. The van der Waals surface area contributed by atoms with Gasteiger partial charge in [-0.15, -0.1) is 0 Å². The van der Waals surface area contributed by atoms with Crippen molar-refractivity contribution in [3.63, 3.8) is 0 Å². The van der Waals surface area contributed by atoms with Gasteiger partial charge in [0.2, 0.25) is 10.0 Å². The summed E-state index contributed by atoms with van der Waals surface area (Å²) >= 11 is 0. The van der Waals surface area contributed by atoms with Crippen molar-refractivity contribution in [3.05, 3.63) is 88.1 Å². The van der Waals surface area contributed by atoms with Gasteiger partial charge >= 0.3 is 0 Å². The Bertz CT molecular complexity index is 1270. The molecule has 0 saturated heterocycles. The zero-order valence-electron chi connectivity index (χ0n) is 18.7. The second-order valence-electron chi connectivity index (χ2n) is 8.82. The van der Waals surface area contributed by atoms with E-state index in [-0.39, 0.29) is 23.6 Å². The van der Waals surface area contributed by atoms with Gasteiger partial charge in [-0.1, -0.05) is 54.6 Å². The van der Waals surface area contributed by atoms with E-state index in [0.29, 0.717) is 24.8 Å². The lowest BCUT2D eigenvalue weighted by atomic mass is 9.78. The molecule has 1 aliphatic carbocycles. The molecule has 1 heterocycles. The topological polar surface area (TPSA) is 81.1 Å². The van der Waals surface area contributed by atoms with Gasteiger partial charge in [0, 0.05) is 23.6 Å². The van der Waals surface area contributed by atoms with E-state index >= 15 is 0 Å². The third-order valence-electron chi connectivity index (χ3n) is 6.07. The number of sulfonamides is 1. The summed E-state index contributed by atoms with van der Waals surface area (Å²) in [5.41, 5.74) is 4.62. The lowest BCUT2D eigenvalue weighted by Crippen LogP contribution is -2.45. The van der Waals surface area contributed by atoms with Crippen molar-refractivity contribution in [2.75, 3.05) is 6.26 Å². The van der Waals surface area contributed by atoms with Crippen molar-refractivity contribution in [2.45, 2.75) is 51.1 Å². The Morgan fingerprint density at radius 1 is 1.09 bits per heavy atom. The number of benzene rings is 2. The lowest BCUT2D eigenvalue weighted by molar-refractivity contribution is 0.413. The maximum absolute atomic E-state index is 13.4. The molecule has 0 saturated carbocycles. The van der Waals surface area contributed by atoms with Crippen molar-refractivity contribution in [1.82, 2.24) is 14.3 Å². The molecule has 2 atom stereocenters. The molecule has 0 amide bonds. The van der Waals surface area contributed by atoms with Crippen LogP contribution < -0.4 is 10.3 Å². The second-order valence-corrected chi connectivity index (χ2v) is 10.6. The molecule has 0 spiro atoms. The van der Waals surface area contributed by atoms with E-state index in [9.17, 15) is 13.2 Å². The van der Waals surface area contributed by atoms with E-state index in [1.807, 2.05) is 44.2 Å². The smallest absolute Gasteiger partial charge is 0.257 e. The van der Waals surface area contributed by atoms with E-state index in [1.54, 1.807) is 10.9 Å². The molecule has 0 radical (unpaired) electrons. The van der Waals surface area contributed by atoms with Crippen LogP contribution in [0.2, 0.25) is 0 Å². The fourth-order valence-electron chi connectivity index (χ4n) is 4.57. The van der Waals surface area contributed by atoms with Crippen LogP contribution in [0.15, 0.2) is 65.7 Å². The fourth-order valence-corrected chi connectivity index (χ4v) is 5.41. The van der Waals surface area contributed by atoms with Crippen LogP contribution in [0.4, 0.5) is 0 Å². The molecule has 0 fully saturated rings. The van der Waals surface area contributed by atoms with Crippen LogP contribution >= 0.6 is 0 Å². The molecule has 7 heteroatoms. The van der Waals surface area contributed by atoms with E-state index in [1.165, 1.54) is 6.26 Å². The number of hydrogen-bond acceptors (Lipinski definition) is 4. The molecule has 0 bridgehead atoms. The Hall–Kier alpha value is -2.77. The monoisotopic (exact) mass is 451 g/mol. The van der Waals surface area contributed by atoms with Crippen LogP contribution in [0.5, 0.6) is 0 Å². The maximum Gasteiger partial charge on any atom is 0.257 e. The summed E-state index contributed by atoms with van der Waals surface area (Å²) in [6, 6.07) is 18.0. The third-order valence-corrected chi connectivity index (χ3v) is 6.80.